The Kier molecular flexibility index (Phi) is 7.70. The van der Waals surface area contributed by atoms with E-state index in [0.717, 1.165) is 11.1 Å². The average Bonchev–Trinajstić information content (AvgIpc) is 3.02. The molecule has 1 heterocycles. The van der Waals surface area contributed by atoms with Crippen LogP contribution >= 0.6 is 0 Å². The Labute approximate surface area is 189 Å². The molecule has 1 saturated heterocycles. The van der Waals surface area contributed by atoms with E-state index in [1.165, 1.54) is 0 Å². The number of aliphatic hydroxyl groups is 1. The van der Waals surface area contributed by atoms with Crippen molar-refractivity contribution in [1.29, 1.82) is 0 Å². The molecule has 0 aliphatic carbocycles. The summed E-state index contributed by atoms with van der Waals surface area (Å²) in [7, 11) is 0. The van der Waals surface area contributed by atoms with Gasteiger partial charge in [0.2, 0.25) is 0 Å². The molecule has 0 saturated carbocycles. The monoisotopic (exact) mass is 437 g/mol. The zero-order chi connectivity index (χ0) is 23.3. The van der Waals surface area contributed by atoms with Gasteiger partial charge in [-0.15, -0.1) is 0 Å². The number of aliphatic hydroxyl groups excluding tert-OH is 1. The van der Waals surface area contributed by atoms with Gasteiger partial charge in [0.25, 0.3) is 11.7 Å². The Hall–Kier alpha value is -3.12. The van der Waals surface area contributed by atoms with Crippen molar-refractivity contribution in [2.24, 2.45) is 0 Å². The molecule has 1 aliphatic heterocycles. The number of aryl methyl sites for hydroxylation is 1. The minimum atomic E-state index is -0.673. The van der Waals surface area contributed by atoms with Gasteiger partial charge in [-0.1, -0.05) is 29.8 Å². The Bertz CT molecular complexity index is 994. The second kappa shape index (κ2) is 10.5. The topological polar surface area (TPSA) is 76.1 Å². The summed E-state index contributed by atoms with van der Waals surface area (Å²) in [5.41, 5.74) is 2.38. The highest BCUT2D eigenvalue weighted by Gasteiger charge is 2.45. The summed E-state index contributed by atoms with van der Waals surface area (Å²) in [4.78, 5) is 27.5. The van der Waals surface area contributed by atoms with E-state index in [2.05, 4.69) is 0 Å². The lowest BCUT2D eigenvalue weighted by atomic mass is 9.94. The number of ether oxygens (including phenoxy) is 2. The number of benzene rings is 2. The van der Waals surface area contributed by atoms with Crippen LogP contribution < -0.4 is 4.74 Å². The summed E-state index contributed by atoms with van der Waals surface area (Å²) in [6.45, 7) is 9.13. The molecule has 1 amide bonds. The fraction of sp³-hybridized carbons (Fsp3) is 0.385. The first-order valence-corrected chi connectivity index (χ1v) is 11.0. The van der Waals surface area contributed by atoms with Gasteiger partial charge < -0.3 is 19.5 Å². The zero-order valence-electron chi connectivity index (χ0n) is 19.1. The third-order valence-electron chi connectivity index (χ3n) is 5.33. The van der Waals surface area contributed by atoms with Crippen molar-refractivity contribution in [2.75, 3.05) is 19.8 Å². The number of ketones is 1. The number of Topliss-reactive ketones (excluding diaryl/α,β-unsaturated/α-hetero) is 1. The van der Waals surface area contributed by atoms with Crippen LogP contribution in [0.3, 0.4) is 0 Å². The van der Waals surface area contributed by atoms with Gasteiger partial charge in [0, 0.05) is 18.7 Å². The molecule has 170 valence electrons. The van der Waals surface area contributed by atoms with Gasteiger partial charge in [-0.2, -0.15) is 0 Å². The molecule has 32 heavy (non-hydrogen) atoms. The molecule has 1 unspecified atom stereocenters. The third-order valence-corrected chi connectivity index (χ3v) is 5.33. The van der Waals surface area contributed by atoms with Crippen LogP contribution in [0.25, 0.3) is 5.76 Å². The minimum absolute atomic E-state index is 0.0950. The van der Waals surface area contributed by atoms with Gasteiger partial charge in [0.15, 0.2) is 0 Å². The molecule has 0 spiro atoms. The van der Waals surface area contributed by atoms with E-state index in [9.17, 15) is 14.7 Å². The summed E-state index contributed by atoms with van der Waals surface area (Å²) < 4.78 is 11.1. The molecule has 2 aromatic rings. The number of likely N-dealkylation sites (tertiary alicyclic amines) is 1. The van der Waals surface area contributed by atoms with Crippen LogP contribution in [0.2, 0.25) is 0 Å². The predicted octanol–water partition coefficient (Wildman–Crippen LogP) is 4.63. The number of hydrogen-bond acceptors (Lipinski definition) is 5. The highest BCUT2D eigenvalue weighted by atomic mass is 16.5. The molecule has 6 heteroatoms. The van der Waals surface area contributed by atoms with Crippen molar-refractivity contribution in [3.63, 3.8) is 0 Å². The maximum atomic E-state index is 13.0. The number of hydrogen-bond donors (Lipinski definition) is 1. The van der Waals surface area contributed by atoms with Crippen molar-refractivity contribution < 1.29 is 24.2 Å². The van der Waals surface area contributed by atoms with Crippen LogP contribution in [0, 0.1) is 6.92 Å². The van der Waals surface area contributed by atoms with Crippen molar-refractivity contribution in [2.45, 2.75) is 46.3 Å². The van der Waals surface area contributed by atoms with Crippen molar-refractivity contribution in [3.8, 4) is 5.75 Å². The fourth-order valence-electron chi connectivity index (χ4n) is 3.88. The Balaban J connectivity index is 2.01. The van der Waals surface area contributed by atoms with E-state index in [1.54, 1.807) is 29.2 Å². The first-order chi connectivity index (χ1) is 15.3. The highest BCUT2D eigenvalue weighted by Crippen LogP contribution is 2.39. The van der Waals surface area contributed by atoms with Crippen LogP contribution in [0.4, 0.5) is 0 Å². The summed E-state index contributed by atoms with van der Waals surface area (Å²) in [5, 5.41) is 11.1. The SMILES string of the molecule is CCOc1ccc(/C(O)=C2/C(=O)C(=O)N(CCCOC(C)C)C2c2cccc(C)c2)cc1. The molecule has 6 nitrogen and oxygen atoms in total. The van der Waals surface area contributed by atoms with E-state index >= 15 is 0 Å². The summed E-state index contributed by atoms with van der Waals surface area (Å²) in [6, 6.07) is 13.9. The van der Waals surface area contributed by atoms with Gasteiger partial charge in [0.1, 0.15) is 11.5 Å². The molecule has 2 aromatic carbocycles. The van der Waals surface area contributed by atoms with Gasteiger partial charge in [0.05, 0.1) is 24.3 Å². The van der Waals surface area contributed by atoms with Gasteiger partial charge in [-0.05, 0) is 63.9 Å². The maximum Gasteiger partial charge on any atom is 0.295 e. The molecule has 0 aromatic heterocycles. The number of nitrogens with zero attached hydrogens (tertiary/aromatic N) is 1. The van der Waals surface area contributed by atoms with Crippen LogP contribution in [-0.2, 0) is 14.3 Å². The van der Waals surface area contributed by atoms with E-state index in [-0.39, 0.29) is 17.4 Å². The summed E-state index contributed by atoms with van der Waals surface area (Å²) >= 11 is 0. The normalized spacial score (nSPS) is 17.9. The summed E-state index contributed by atoms with van der Waals surface area (Å²) in [6.07, 6.45) is 0.689. The molecule has 1 aliphatic rings. The number of amides is 1. The second-order valence-corrected chi connectivity index (χ2v) is 8.14. The number of rotatable bonds is 9. The van der Waals surface area contributed by atoms with Crippen LogP contribution in [-0.4, -0.2) is 47.6 Å². The molecule has 1 atom stereocenters. The van der Waals surface area contributed by atoms with Crippen LogP contribution in [0.15, 0.2) is 54.1 Å². The fourth-order valence-corrected chi connectivity index (χ4v) is 3.88. The number of carbonyl (C=O) groups is 2. The lowest BCUT2D eigenvalue weighted by Crippen LogP contribution is -2.31. The van der Waals surface area contributed by atoms with Gasteiger partial charge >= 0.3 is 0 Å². The molecule has 1 fully saturated rings. The lowest BCUT2D eigenvalue weighted by Gasteiger charge is -2.25. The summed E-state index contributed by atoms with van der Waals surface area (Å²) in [5.74, 6) is -0.787. The predicted molar refractivity (Wildman–Crippen MR) is 124 cm³/mol. The first-order valence-electron chi connectivity index (χ1n) is 11.0. The highest BCUT2D eigenvalue weighted by molar-refractivity contribution is 6.46. The average molecular weight is 438 g/mol. The Morgan fingerprint density at radius 2 is 1.84 bits per heavy atom. The smallest absolute Gasteiger partial charge is 0.295 e. The van der Waals surface area contributed by atoms with Crippen LogP contribution in [0.1, 0.15) is 49.9 Å². The van der Waals surface area contributed by atoms with Crippen LogP contribution in [0.5, 0.6) is 5.75 Å². The van der Waals surface area contributed by atoms with Crippen molar-refractivity contribution >= 4 is 17.4 Å². The largest absolute Gasteiger partial charge is 0.507 e. The molecular weight excluding hydrogens is 406 g/mol. The Morgan fingerprint density at radius 3 is 2.47 bits per heavy atom. The van der Waals surface area contributed by atoms with Crippen molar-refractivity contribution in [1.82, 2.24) is 4.90 Å². The van der Waals surface area contributed by atoms with Gasteiger partial charge in [-0.25, -0.2) is 0 Å². The van der Waals surface area contributed by atoms with E-state index in [0.29, 0.717) is 37.5 Å². The standard InChI is InChI=1S/C26H31NO5/c1-5-31-21-12-10-19(11-13-21)24(28)22-23(20-9-6-8-18(4)16-20)27(26(30)25(22)29)14-7-15-32-17(2)3/h6,8-13,16-17,23,28H,5,7,14-15H2,1-4H3/b24-22-. The first kappa shape index (κ1) is 23.5. The number of carbonyl (C=O) groups excluding carboxylic acids is 2. The van der Waals surface area contributed by atoms with Crippen molar-refractivity contribution in [3.05, 3.63) is 70.8 Å². The van der Waals surface area contributed by atoms with E-state index in [4.69, 9.17) is 9.47 Å². The van der Waals surface area contributed by atoms with E-state index < -0.39 is 17.7 Å². The molecule has 0 bridgehead atoms. The quantitative estimate of drug-likeness (QED) is 0.268. The maximum absolute atomic E-state index is 13.0. The Morgan fingerprint density at radius 1 is 1.12 bits per heavy atom. The lowest BCUT2D eigenvalue weighted by molar-refractivity contribution is -0.140. The molecule has 3 rings (SSSR count). The zero-order valence-corrected chi connectivity index (χ0v) is 19.1. The minimum Gasteiger partial charge on any atom is -0.507 e. The van der Waals surface area contributed by atoms with E-state index in [1.807, 2.05) is 52.0 Å². The molecule has 1 N–H and O–H groups in total. The molecule has 0 radical (unpaired) electrons. The molecular formula is C26H31NO5. The third kappa shape index (κ3) is 5.19. The van der Waals surface area contributed by atoms with Gasteiger partial charge in [-0.3, -0.25) is 9.59 Å². The second-order valence-electron chi connectivity index (χ2n) is 8.14.